The minimum absolute atomic E-state index is 0.259. The fourth-order valence-electron chi connectivity index (χ4n) is 3.67. The van der Waals surface area contributed by atoms with Crippen LogP contribution in [-0.2, 0) is 13.5 Å². The van der Waals surface area contributed by atoms with Crippen molar-refractivity contribution in [2.75, 3.05) is 0 Å². The first-order chi connectivity index (χ1) is 10.2. The van der Waals surface area contributed by atoms with Gasteiger partial charge in [0.2, 0.25) is 0 Å². The maximum atomic E-state index is 10.4. The molecule has 3 rings (SSSR count). The fourth-order valence-corrected chi connectivity index (χ4v) is 3.67. The molecule has 3 heteroatoms. The molecule has 0 aliphatic heterocycles. The molecule has 1 fully saturated rings. The molecular weight excluding hydrogens is 260 g/mol. The Labute approximate surface area is 127 Å². The van der Waals surface area contributed by atoms with E-state index < -0.39 is 0 Å². The van der Waals surface area contributed by atoms with Gasteiger partial charge < -0.3 is 5.11 Å². The highest BCUT2D eigenvalue weighted by molar-refractivity contribution is 5.81. The van der Waals surface area contributed by atoms with Crippen LogP contribution in [0.5, 0.6) is 0 Å². The Balaban J connectivity index is 1.59. The molecule has 21 heavy (non-hydrogen) atoms. The number of para-hydroxylation sites is 1. The molecule has 1 heterocycles. The first-order valence-corrected chi connectivity index (χ1v) is 8.32. The molecular formula is C18H26N2O. The monoisotopic (exact) mass is 286 g/mol. The van der Waals surface area contributed by atoms with Crippen molar-refractivity contribution in [1.29, 1.82) is 0 Å². The van der Waals surface area contributed by atoms with Crippen LogP contribution in [0.25, 0.3) is 10.9 Å². The zero-order valence-electron chi connectivity index (χ0n) is 13.0. The van der Waals surface area contributed by atoms with Gasteiger partial charge in [0.05, 0.1) is 17.3 Å². The molecule has 3 nitrogen and oxygen atoms in total. The topological polar surface area (TPSA) is 38.0 Å². The highest BCUT2D eigenvalue weighted by Crippen LogP contribution is 2.28. The van der Waals surface area contributed by atoms with Gasteiger partial charge >= 0.3 is 0 Å². The van der Waals surface area contributed by atoms with Gasteiger partial charge in [-0.25, -0.2) is 0 Å². The number of aryl methyl sites for hydroxylation is 1. The number of rotatable bonds is 5. The lowest BCUT2D eigenvalue weighted by atomic mass is 9.85. The summed E-state index contributed by atoms with van der Waals surface area (Å²) in [6, 6.07) is 8.26. The van der Waals surface area contributed by atoms with Crippen molar-refractivity contribution in [1.82, 2.24) is 9.78 Å². The number of benzene rings is 1. The summed E-state index contributed by atoms with van der Waals surface area (Å²) in [4.78, 5) is 0. The van der Waals surface area contributed by atoms with E-state index in [1.54, 1.807) is 0 Å². The van der Waals surface area contributed by atoms with Crippen molar-refractivity contribution >= 4 is 10.9 Å². The first kappa shape index (κ1) is 14.6. The van der Waals surface area contributed by atoms with Gasteiger partial charge in [0.25, 0.3) is 0 Å². The summed E-state index contributed by atoms with van der Waals surface area (Å²) >= 11 is 0. The number of fused-ring (bicyclic) bond motifs is 1. The maximum absolute atomic E-state index is 10.4. The number of hydrogen-bond acceptors (Lipinski definition) is 2. The van der Waals surface area contributed by atoms with E-state index in [1.807, 2.05) is 23.9 Å². The van der Waals surface area contributed by atoms with Gasteiger partial charge in [0, 0.05) is 18.9 Å². The molecule has 114 valence electrons. The molecule has 0 bridgehead atoms. The van der Waals surface area contributed by atoms with Crippen LogP contribution in [0.1, 0.15) is 50.6 Å². The molecule has 1 aliphatic rings. The van der Waals surface area contributed by atoms with Crippen LogP contribution >= 0.6 is 0 Å². The second-order valence-corrected chi connectivity index (χ2v) is 6.53. The Morgan fingerprint density at radius 2 is 2.00 bits per heavy atom. The zero-order chi connectivity index (χ0) is 14.7. The molecule has 1 aliphatic carbocycles. The number of hydrogen-bond donors (Lipinski definition) is 1. The van der Waals surface area contributed by atoms with E-state index in [1.165, 1.54) is 43.9 Å². The molecule has 0 spiro atoms. The quantitative estimate of drug-likeness (QED) is 0.907. The third kappa shape index (κ3) is 3.46. The standard InChI is InChI=1S/C18H26N2O/c1-20-18-10-6-5-9-16(18)17(19-20)13-15(21)12-11-14-7-3-2-4-8-14/h5-6,9-10,14-15,21H,2-4,7-8,11-13H2,1H3. The Hall–Kier alpha value is -1.35. The Bertz CT molecular complexity index is 584. The van der Waals surface area contributed by atoms with Crippen LogP contribution in [0, 0.1) is 5.92 Å². The second-order valence-electron chi connectivity index (χ2n) is 6.53. The van der Waals surface area contributed by atoms with Crippen molar-refractivity contribution in [2.24, 2.45) is 13.0 Å². The van der Waals surface area contributed by atoms with Crippen LogP contribution in [0.4, 0.5) is 0 Å². The molecule has 0 saturated heterocycles. The molecule has 1 aromatic carbocycles. The van der Waals surface area contributed by atoms with E-state index in [4.69, 9.17) is 0 Å². The Kier molecular flexibility index (Phi) is 4.59. The summed E-state index contributed by atoms with van der Waals surface area (Å²) in [5.74, 6) is 0.842. The van der Waals surface area contributed by atoms with Crippen LogP contribution in [0.3, 0.4) is 0 Å². The van der Waals surface area contributed by atoms with Crippen molar-refractivity contribution < 1.29 is 5.11 Å². The third-order valence-corrected chi connectivity index (χ3v) is 4.90. The first-order valence-electron chi connectivity index (χ1n) is 8.32. The summed E-state index contributed by atoms with van der Waals surface area (Å²) in [6.07, 6.45) is 9.38. The zero-order valence-corrected chi connectivity index (χ0v) is 13.0. The van der Waals surface area contributed by atoms with Crippen LogP contribution < -0.4 is 0 Å². The molecule has 1 unspecified atom stereocenters. The average Bonchev–Trinajstić information content (AvgIpc) is 2.83. The molecule has 1 atom stereocenters. The molecule has 1 saturated carbocycles. The van der Waals surface area contributed by atoms with Crippen LogP contribution in [0.2, 0.25) is 0 Å². The number of nitrogens with zero attached hydrogens (tertiary/aromatic N) is 2. The van der Waals surface area contributed by atoms with Crippen molar-refractivity contribution in [3.05, 3.63) is 30.0 Å². The Morgan fingerprint density at radius 1 is 1.24 bits per heavy atom. The van der Waals surface area contributed by atoms with E-state index in [-0.39, 0.29) is 6.10 Å². The van der Waals surface area contributed by atoms with Crippen molar-refractivity contribution in [3.63, 3.8) is 0 Å². The van der Waals surface area contributed by atoms with E-state index >= 15 is 0 Å². The minimum atomic E-state index is -0.259. The third-order valence-electron chi connectivity index (χ3n) is 4.90. The van der Waals surface area contributed by atoms with Gasteiger partial charge in [-0.2, -0.15) is 5.10 Å². The molecule has 1 N–H and O–H groups in total. The van der Waals surface area contributed by atoms with Crippen molar-refractivity contribution in [2.45, 2.75) is 57.5 Å². The second kappa shape index (κ2) is 6.61. The van der Waals surface area contributed by atoms with Crippen LogP contribution in [-0.4, -0.2) is 21.0 Å². The van der Waals surface area contributed by atoms with Gasteiger partial charge in [0.1, 0.15) is 0 Å². The van der Waals surface area contributed by atoms with Gasteiger partial charge in [-0.15, -0.1) is 0 Å². The molecule has 1 aromatic heterocycles. The molecule has 2 aromatic rings. The summed E-state index contributed by atoms with van der Waals surface area (Å²) in [5.41, 5.74) is 2.18. The predicted molar refractivity (Wildman–Crippen MR) is 86.2 cm³/mol. The van der Waals surface area contributed by atoms with E-state index in [2.05, 4.69) is 17.2 Å². The van der Waals surface area contributed by atoms with E-state index in [0.29, 0.717) is 6.42 Å². The molecule has 0 amide bonds. The smallest absolute Gasteiger partial charge is 0.0728 e. The number of aromatic nitrogens is 2. The van der Waals surface area contributed by atoms with Gasteiger partial charge in [-0.1, -0.05) is 50.3 Å². The van der Waals surface area contributed by atoms with Gasteiger partial charge in [0.15, 0.2) is 0 Å². The predicted octanol–water partition coefficient (Wildman–Crippen LogP) is 3.84. The summed E-state index contributed by atoms with van der Waals surface area (Å²) < 4.78 is 1.92. The number of aliphatic hydroxyl groups is 1. The average molecular weight is 286 g/mol. The Morgan fingerprint density at radius 3 is 2.81 bits per heavy atom. The fraction of sp³-hybridized carbons (Fsp3) is 0.611. The normalized spacial score (nSPS) is 18.2. The largest absolute Gasteiger partial charge is 0.393 e. The number of aliphatic hydroxyl groups excluding tert-OH is 1. The molecule has 0 radical (unpaired) electrons. The van der Waals surface area contributed by atoms with E-state index in [0.717, 1.165) is 23.5 Å². The lowest BCUT2D eigenvalue weighted by Gasteiger charge is -2.22. The van der Waals surface area contributed by atoms with Gasteiger partial charge in [-0.05, 0) is 24.8 Å². The highest BCUT2D eigenvalue weighted by Gasteiger charge is 2.17. The lowest BCUT2D eigenvalue weighted by Crippen LogP contribution is -2.15. The lowest BCUT2D eigenvalue weighted by molar-refractivity contribution is 0.148. The van der Waals surface area contributed by atoms with Crippen LogP contribution in [0.15, 0.2) is 24.3 Å². The summed E-state index contributed by atoms with van der Waals surface area (Å²) in [7, 11) is 1.97. The maximum Gasteiger partial charge on any atom is 0.0728 e. The van der Waals surface area contributed by atoms with Gasteiger partial charge in [-0.3, -0.25) is 4.68 Å². The summed E-state index contributed by atoms with van der Waals surface area (Å²) in [5, 5.41) is 16.1. The highest BCUT2D eigenvalue weighted by atomic mass is 16.3. The minimum Gasteiger partial charge on any atom is -0.393 e. The summed E-state index contributed by atoms with van der Waals surface area (Å²) in [6.45, 7) is 0. The van der Waals surface area contributed by atoms with E-state index in [9.17, 15) is 5.11 Å². The SMILES string of the molecule is Cn1nc(CC(O)CCC2CCCCC2)c2ccccc21. The van der Waals surface area contributed by atoms with Crippen molar-refractivity contribution in [3.8, 4) is 0 Å².